The monoisotopic (exact) mass is 280 g/mol. The molecule has 1 saturated heterocycles. The van der Waals surface area contributed by atoms with Gasteiger partial charge < -0.3 is 0 Å². The molecule has 1 aromatic rings. The number of nitrogens with one attached hydrogen (secondary N) is 1. The Bertz CT molecular complexity index is 522. The Hall–Kier alpha value is -1.69. The van der Waals surface area contributed by atoms with Crippen molar-refractivity contribution < 1.29 is 14.4 Å². The highest BCUT2D eigenvalue weighted by atomic mass is 32.1. The highest BCUT2D eigenvalue weighted by Gasteiger charge is 2.48. The molecule has 0 bridgehead atoms. The summed E-state index contributed by atoms with van der Waals surface area (Å²) >= 11 is 1.58. The number of amides is 4. The zero-order valence-electron chi connectivity index (χ0n) is 11.1. The van der Waals surface area contributed by atoms with E-state index in [-0.39, 0.29) is 6.04 Å². The van der Waals surface area contributed by atoms with Crippen LogP contribution in [0.1, 0.15) is 25.6 Å². The molecular formula is C13H16N2O3S. The Morgan fingerprint density at radius 1 is 1.37 bits per heavy atom. The van der Waals surface area contributed by atoms with E-state index in [0.717, 1.165) is 9.78 Å². The first-order valence-electron chi connectivity index (χ1n) is 6.05. The number of urea groups is 1. The van der Waals surface area contributed by atoms with Crippen molar-refractivity contribution in [3.05, 3.63) is 22.4 Å². The summed E-state index contributed by atoms with van der Waals surface area (Å²) in [5.74, 6) is -0.979. The molecule has 1 fully saturated rings. The second-order valence-corrected chi connectivity index (χ2v) is 6.22. The summed E-state index contributed by atoms with van der Waals surface area (Å²) in [5, 5.41) is 4.19. The van der Waals surface area contributed by atoms with Gasteiger partial charge in [-0.25, -0.2) is 4.79 Å². The molecular weight excluding hydrogens is 264 g/mol. The standard InChI is InChI=1S/C13H16N2O3S/c1-8(7-9-5-4-6-19-9)15-11(17)13(2,3)10(16)14-12(15)18/h4-6,8H,7H2,1-3H3,(H,14,16,18). The summed E-state index contributed by atoms with van der Waals surface area (Å²) in [5.41, 5.74) is -1.20. The molecule has 6 heteroatoms. The van der Waals surface area contributed by atoms with Gasteiger partial charge in [-0.2, -0.15) is 0 Å². The van der Waals surface area contributed by atoms with Crippen LogP contribution in [0.25, 0.3) is 0 Å². The maximum atomic E-state index is 12.3. The molecule has 2 rings (SSSR count). The Kier molecular flexibility index (Phi) is 3.45. The van der Waals surface area contributed by atoms with Crippen LogP contribution in [0.2, 0.25) is 0 Å². The Labute approximate surface area is 115 Å². The smallest absolute Gasteiger partial charge is 0.277 e. The van der Waals surface area contributed by atoms with Gasteiger partial charge in [-0.1, -0.05) is 6.07 Å². The fourth-order valence-corrected chi connectivity index (χ4v) is 2.84. The second-order valence-electron chi connectivity index (χ2n) is 5.19. The van der Waals surface area contributed by atoms with Crippen LogP contribution in [-0.2, 0) is 16.0 Å². The highest BCUT2D eigenvalue weighted by Crippen LogP contribution is 2.26. The van der Waals surface area contributed by atoms with Crippen LogP contribution in [0, 0.1) is 5.41 Å². The molecule has 0 aromatic carbocycles. The zero-order chi connectivity index (χ0) is 14.2. The topological polar surface area (TPSA) is 66.5 Å². The first-order valence-corrected chi connectivity index (χ1v) is 6.93. The number of carbonyl (C=O) groups excluding carboxylic acids is 3. The van der Waals surface area contributed by atoms with E-state index in [4.69, 9.17) is 0 Å². The van der Waals surface area contributed by atoms with E-state index in [1.165, 1.54) is 13.8 Å². The lowest BCUT2D eigenvalue weighted by Crippen LogP contribution is -2.64. The van der Waals surface area contributed by atoms with Crippen LogP contribution in [0.15, 0.2) is 17.5 Å². The normalized spacial score (nSPS) is 20.4. The van der Waals surface area contributed by atoms with E-state index in [0.29, 0.717) is 6.42 Å². The minimum Gasteiger partial charge on any atom is -0.277 e. The van der Waals surface area contributed by atoms with Crippen LogP contribution in [0.4, 0.5) is 4.79 Å². The van der Waals surface area contributed by atoms with Crippen molar-refractivity contribution in [2.45, 2.75) is 33.2 Å². The van der Waals surface area contributed by atoms with Gasteiger partial charge in [0.25, 0.3) is 0 Å². The summed E-state index contributed by atoms with van der Waals surface area (Å²) in [6.45, 7) is 4.87. The molecule has 0 aliphatic carbocycles. The largest absolute Gasteiger partial charge is 0.331 e. The van der Waals surface area contributed by atoms with Crippen molar-refractivity contribution in [3.63, 3.8) is 0 Å². The summed E-state index contributed by atoms with van der Waals surface area (Å²) in [6.07, 6.45) is 0.598. The minimum atomic E-state index is -1.20. The molecule has 1 atom stereocenters. The number of hydrogen-bond acceptors (Lipinski definition) is 4. The van der Waals surface area contributed by atoms with Crippen LogP contribution < -0.4 is 5.32 Å². The van der Waals surface area contributed by atoms with Crippen LogP contribution in [0.3, 0.4) is 0 Å². The van der Waals surface area contributed by atoms with Crippen LogP contribution >= 0.6 is 11.3 Å². The third-order valence-corrected chi connectivity index (χ3v) is 4.18. The van der Waals surface area contributed by atoms with Gasteiger partial charge in [-0.15, -0.1) is 11.3 Å². The van der Waals surface area contributed by atoms with Gasteiger partial charge in [-0.05, 0) is 32.2 Å². The van der Waals surface area contributed by atoms with Gasteiger partial charge >= 0.3 is 6.03 Å². The Morgan fingerprint density at radius 3 is 2.63 bits per heavy atom. The summed E-state index contributed by atoms with van der Waals surface area (Å²) in [4.78, 5) is 38.0. The zero-order valence-corrected chi connectivity index (χ0v) is 11.9. The lowest BCUT2D eigenvalue weighted by Gasteiger charge is -2.37. The molecule has 1 aromatic heterocycles. The fraction of sp³-hybridized carbons (Fsp3) is 0.462. The van der Waals surface area contributed by atoms with Gasteiger partial charge in [0.1, 0.15) is 5.41 Å². The van der Waals surface area contributed by atoms with Crippen LogP contribution in [-0.4, -0.2) is 28.8 Å². The Balaban J connectivity index is 2.20. The van der Waals surface area contributed by atoms with E-state index in [1.54, 1.807) is 11.3 Å². The van der Waals surface area contributed by atoms with Crippen molar-refractivity contribution in [1.82, 2.24) is 10.2 Å². The number of thiophene rings is 1. The number of hydrogen-bond donors (Lipinski definition) is 1. The van der Waals surface area contributed by atoms with E-state index in [2.05, 4.69) is 5.32 Å². The maximum Gasteiger partial charge on any atom is 0.331 e. The number of rotatable bonds is 3. The molecule has 1 N–H and O–H groups in total. The summed E-state index contributed by atoms with van der Waals surface area (Å²) in [6, 6.07) is 2.99. The average molecular weight is 280 g/mol. The first kappa shape index (κ1) is 13.7. The number of imide groups is 2. The predicted octanol–water partition coefficient (Wildman–Crippen LogP) is 1.78. The number of nitrogens with zero attached hydrogens (tertiary/aromatic N) is 1. The first-order chi connectivity index (χ1) is 8.84. The molecule has 0 saturated carbocycles. The average Bonchev–Trinajstić information content (AvgIpc) is 2.79. The minimum absolute atomic E-state index is 0.279. The van der Waals surface area contributed by atoms with E-state index >= 15 is 0 Å². The molecule has 102 valence electrons. The fourth-order valence-electron chi connectivity index (χ4n) is 2.02. The quantitative estimate of drug-likeness (QED) is 0.858. The van der Waals surface area contributed by atoms with E-state index in [9.17, 15) is 14.4 Å². The molecule has 5 nitrogen and oxygen atoms in total. The molecule has 4 amide bonds. The highest BCUT2D eigenvalue weighted by molar-refractivity contribution is 7.09. The molecule has 2 heterocycles. The van der Waals surface area contributed by atoms with Crippen molar-refractivity contribution in [3.8, 4) is 0 Å². The third-order valence-electron chi connectivity index (χ3n) is 3.28. The predicted molar refractivity (Wildman–Crippen MR) is 71.7 cm³/mol. The van der Waals surface area contributed by atoms with Crippen molar-refractivity contribution >= 4 is 29.2 Å². The van der Waals surface area contributed by atoms with Gasteiger partial charge in [-0.3, -0.25) is 19.8 Å². The van der Waals surface area contributed by atoms with Gasteiger partial charge in [0.15, 0.2) is 0 Å². The second kappa shape index (κ2) is 4.77. The van der Waals surface area contributed by atoms with Crippen LogP contribution in [0.5, 0.6) is 0 Å². The van der Waals surface area contributed by atoms with Gasteiger partial charge in [0.2, 0.25) is 11.8 Å². The van der Waals surface area contributed by atoms with Crippen molar-refractivity contribution in [2.24, 2.45) is 5.41 Å². The molecule has 1 aliphatic rings. The lowest BCUT2D eigenvalue weighted by molar-refractivity contribution is -0.150. The molecule has 1 unspecified atom stereocenters. The van der Waals surface area contributed by atoms with Gasteiger partial charge in [0, 0.05) is 17.3 Å². The Morgan fingerprint density at radius 2 is 2.05 bits per heavy atom. The van der Waals surface area contributed by atoms with Crippen molar-refractivity contribution in [2.75, 3.05) is 0 Å². The summed E-state index contributed by atoms with van der Waals surface area (Å²) in [7, 11) is 0. The van der Waals surface area contributed by atoms with E-state index in [1.807, 2.05) is 24.4 Å². The number of carbonyl (C=O) groups is 3. The number of barbiturate groups is 1. The lowest BCUT2D eigenvalue weighted by atomic mass is 9.88. The SMILES string of the molecule is CC(Cc1cccs1)N1C(=O)NC(=O)C(C)(C)C1=O. The molecule has 0 spiro atoms. The maximum absolute atomic E-state index is 12.3. The molecule has 19 heavy (non-hydrogen) atoms. The third kappa shape index (κ3) is 2.40. The van der Waals surface area contributed by atoms with E-state index < -0.39 is 23.3 Å². The van der Waals surface area contributed by atoms with Gasteiger partial charge in [0.05, 0.1) is 0 Å². The molecule has 0 radical (unpaired) electrons. The molecule has 1 aliphatic heterocycles. The van der Waals surface area contributed by atoms with Crippen molar-refractivity contribution in [1.29, 1.82) is 0 Å². The summed E-state index contributed by atoms with van der Waals surface area (Å²) < 4.78 is 0.